The van der Waals surface area contributed by atoms with E-state index in [-0.39, 0.29) is 24.9 Å². The molecule has 1 saturated heterocycles. The largest absolute Gasteiger partial charge is 0.489 e. The molecule has 158 valence electrons. The van der Waals surface area contributed by atoms with Crippen LogP contribution in [0.5, 0.6) is 11.5 Å². The van der Waals surface area contributed by atoms with Gasteiger partial charge in [0.25, 0.3) is 5.91 Å². The minimum absolute atomic E-state index is 0. The zero-order valence-corrected chi connectivity index (χ0v) is 17.8. The third-order valence-electron chi connectivity index (χ3n) is 5.20. The van der Waals surface area contributed by atoms with Gasteiger partial charge < -0.3 is 19.7 Å². The van der Waals surface area contributed by atoms with Gasteiger partial charge in [-0.1, -0.05) is 30.3 Å². The van der Waals surface area contributed by atoms with Crippen LogP contribution in [0.4, 0.5) is 0 Å². The minimum atomic E-state index is 0. The molecule has 1 N–H and O–H groups in total. The van der Waals surface area contributed by atoms with Gasteiger partial charge in [0, 0.05) is 13.1 Å². The van der Waals surface area contributed by atoms with Crippen LogP contribution in [0.25, 0.3) is 0 Å². The molecule has 0 atom stereocenters. The number of carbonyl (C=O) groups excluding carboxylic acids is 1. The third-order valence-corrected chi connectivity index (χ3v) is 5.20. The van der Waals surface area contributed by atoms with Crippen molar-refractivity contribution in [2.45, 2.75) is 25.9 Å². The maximum atomic E-state index is 12.4. The number of amides is 1. The normalized spacial score (nSPS) is 14.2. The monoisotopic (exact) mass is 418 g/mol. The highest BCUT2D eigenvalue weighted by atomic mass is 35.5. The van der Waals surface area contributed by atoms with E-state index in [1.54, 1.807) is 0 Å². The number of piperidine rings is 1. The molecule has 0 aromatic heterocycles. The molecule has 0 saturated carbocycles. The van der Waals surface area contributed by atoms with E-state index in [0.29, 0.717) is 12.4 Å². The molecule has 3 rings (SSSR count). The lowest BCUT2D eigenvalue weighted by molar-refractivity contribution is -0.134. The molecule has 5 nitrogen and oxygen atoms in total. The summed E-state index contributed by atoms with van der Waals surface area (Å²) >= 11 is 0. The molecular formula is C23H31ClN2O3. The first-order chi connectivity index (χ1) is 13.7. The molecule has 6 heteroatoms. The van der Waals surface area contributed by atoms with Crippen molar-refractivity contribution in [1.29, 1.82) is 0 Å². The van der Waals surface area contributed by atoms with Gasteiger partial charge in [-0.05, 0) is 68.6 Å². The molecule has 1 fully saturated rings. The lowest BCUT2D eigenvalue weighted by Crippen LogP contribution is -2.41. The molecule has 0 unspecified atom stereocenters. The van der Waals surface area contributed by atoms with Crippen LogP contribution in [-0.2, 0) is 11.4 Å². The molecule has 0 aliphatic carbocycles. The van der Waals surface area contributed by atoms with E-state index < -0.39 is 0 Å². The van der Waals surface area contributed by atoms with Gasteiger partial charge in [0.15, 0.2) is 6.61 Å². The predicted octanol–water partition coefficient (Wildman–Crippen LogP) is 3.91. The number of rotatable bonds is 9. The Balaban J connectivity index is 0.00000300. The zero-order valence-electron chi connectivity index (χ0n) is 17.0. The average Bonchev–Trinajstić information content (AvgIpc) is 2.76. The Hall–Kier alpha value is -2.24. The van der Waals surface area contributed by atoms with Gasteiger partial charge in [-0.3, -0.25) is 4.79 Å². The van der Waals surface area contributed by atoms with Crippen molar-refractivity contribution in [2.75, 3.05) is 33.3 Å². The third kappa shape index (κ3) is 7.59. The van der Waals surface area contributed by atoms with Gasteiger partial charge in [-0.15, -0.1) is 12.4 Å². The number of nitrogens with one attached hydrogen (secondary N) is 1. The first-order valence-corrected chi connectivity index (χ1v) is 10.1. The minimum Gasteiger partial charge on any atom is -0.489 e. The topological polar surface area (TPSA) is 50.8 Å². The molecule has 1 aliphatic heterocycles. The average molecular weight is 419 g/mol. The fourth-order valence-corrected chi connectivity index (χ4v) is 3.43. The van der Waals surface area contributed by atoms with Crippen molar-refractivity contribution in [3.63, 3.8) is 0 Å². The number of ether oxygens (including phenoxy) is 2. The van der Waals surface area contributed by atoms with Crippen molar-refractivity contribution in [3.8, 4) is 11.5 Å². The SMILES string of the molecule is CNCCC1CCN(C(=O)COc2ccc(OCc3ccccc3)cc2)CC1.Cl. The molecule has 2 aromatic rings. The summed E-state index contributed by atoms with van der Waals surface area (Å²) in [5.74, 6) is 2.26. The molecule has 29 heavy (non-hydrogen) atoms. The van der Waals surface area contributed by atoms with Crippen molar-refractivity contribution in [1.82, 2.24) is 10.2 Å². The van der Waals surface area contributed by atoms with Crippen molar-refractivity contribution < 1.29 is 14.3 Å². The Bertz CT molecular complexity index is 717. The van der Waals surface area contributed by atoms with Crippen LogP contribution in [-0.4, -0.2) is 44.1 Å². The van der Waals surface area contributed by atoms with Gasteiger partial charge in [0.1, 0.15) is 18.1 Å². The second kappa shape index (κ2) is 12.3. The van der Waals surface area contributed by atoms with E-state index in [1.165, 1.54) is 6.42 Å². The molecule has 0 radical (unpaired) electrons. The Kier molecular flexibility index (Phi) is 9.81. The van der Waals surface area contributed by atoms with Crippen molar-refractivity contribution >= 4 is 18.3 Å². The lowest BCUT2D eigenvalue weighted by atomic mass is 9.93. The lowest BCUT2D eigenvalue weighted by Gasteiger charge is -2.32. The van der Waals surface area contributed by atoms with E-state index >= 15 is 0 Å². The van der Waals surface area contributed by atoms with E-state index in [4.69, 9.17) is 9.47 Å². The van der Waals surface area contributed by atoms with Gasteiger partial charge in [0.2, 0.25) is 0 Å². The fourth-order valence-electron chi connectivity index (χ4n) is 3.43. The zero-order chi connectivity index (χ0) is 19.6. The van der Waals surface area contributed by atoms with Gasteiger partial charge in [-0.2, -0.15) is 0 Å². The first kappa shape index (κ1) is 23.0. The van der Waals surface area contributed by atoms with Crippen LogP contribution < -0.4 is 14.8 Å². The van der Waals surface area contributed by atoms with Crippen LogP contribution in [0.15, 0.2) is 54.6 Å². The summed E-state index contributed by atoms with van der Waals surface area (Å²) in [6.45, 7) is 3.34. The molecule has 2 aromatic carbocycles. The summed E-state index contributed by atoms with van der Waals surface area (Å²) in [7, 11) is 1.98. The molecular weight excluding hydrogens is 388 g/mol. The molecule has 1 aliphatic rings. The highest BCUT2D eigenvalue weighted by Crippen LogP contribution is 2.21. The highest BCUT2D eigenvalue weighted by molar-refractivity contribution is 5.85. The van der Waals surface area contributed by atoms with Crippen LogP contribution in [0.3, 0.4) is 0 Å². The predicted molar refractivity (Wildman–Crippen MR) is 118 cm³/mol. The summed E-state index contributed by atoms with van der Waals surface area (Å²) in [6.07, 6.45) is 3.36. The quantitative estimate of drug-likeness (QED) is 0.670. The first-order valence-electron chi connectivity index (χ1n) is 10.1. The van der Waals surface area contributed by atoms with Gasteiger partial charge in [-0.25, -0.2) is 0 Å². The van der Waals surface area contributed by atoms with E-state index in [1.807, 2.05) is 66.5 Å². The van der Waals surface area contributed by atoms with E-state index in [2.05, 4.69) is 5.32 Å². The number of likely N-dealkylation sites (tertiary alicyclic amines) is 1. The summed E-state index contributed by atoms with van der Waals surface area (Å²) in [5, 5.41) is 3.20. The second-order valence-electron chi connectivity index (χ2n) is 7.25. The maximum absolute atomic E-state index is 12.4. The van der Waals surface area contributed by atoms with Crippen LogP contribution in [0.1, 0.15) is 24.8 Å². The van der Waals surface area contributed by atoms with Crippen LogP contribution in [0.2, 0.25) is 0 Å². The second-order valence-corrected chi connectivity index (χ2v) is 7.25. The molecule has 1 amide bonds. The number of hydrogen-bond acceptors (Lipinski definition) is 4. The maximum Gasteiger partial charge on any atom is 0.260 e. The Labute approximate surface area is 179 Å². The standard InChI is InChI=1S/C23H30N2O3.ClH/c1-24-14-11-19-12-15-25(16-13-19)23(26)18-28-22-9-7-21(8-10-22)27-17-20-5-3-2-4-6-20;/h2-10,19,24H,11-18H2,1H3;1H. The van der Waals surface area contributed by atoms with E-state index in [0.717, 1.165) is 49.7 Å². The summed E-state index contributed by atoms with van der Waals surface area (Å²) < 4.78 is 11.4. The molecule has 0 spiro atoms. The van der Waals surface area contributed by atoms with Crippen molar-refractivity contribution in [2.24, 2.45) is 5.92 Å². The van der Waals surface area contributed by atoms with Gasteiger partial charge >= 0.3 is 0 Å². The number of halogens is 1. The smallest absolute Gasteiger partial charge is 0.260 e. The highest BCUT2D eigenvalue weighted by Gasteiger charge is 2.22. The number of nitrogens with zero attached hydrogens (tertiary/aromatic N) is 1. The Morgan fingerprint density at radius 2 is 1.62 bits per heavy atom. The number of benzene rings is 2. The summed E-state index contributed by atoms with van der Waals surface area (Å²) in [6, 6.07) is 17.5. The van der Waals surface area contributed by atoms with Crippen LogP contribution in [0, 0.1) is 5.92 Å². The van der Waals surface area contributed by atoms with Crippen molar-refractivity contribution in [3.05, 3.63) is 60.2 Å². The van der Waals surface area contributed by atoms with Gasteiger partial charge in [0.05, 0.1) is 0 Å². The molecule has 0 bridgehead atoms. The Morgan fingerprint density at radius 1 is 1.00 bits per heavy atom. The van der Waals surface area contributed by atoms with Crippen LogP contribution >= 0.6 is 12.4 Å². The number of hydrogen-bond donors (Lipinski definition) is 1. The molecule has 1 heterocycles. The fraction of sp³-hybridized carbons (Fsp3) is 0.435. The number of carbonyl (C=O) groups is 1. The Morgan fingerprint density at radius 3 is 2.24 bits per heavy atom. The van der Waals surface area contributed by atoms with E-state index in [9.17, 15) is 4.79 Å². The summed E-state index contributed by atoms with van der Waals surface area (Å²) in [5.41, 5.74) is 1.13. The summed E-state index contributed by atoms with van der Waals surface area (Å²) in [4.78, 5) is 14.3.